The number of aromatic carboxylic acids is 1. The minimum atomic E-state index is -0.988. The van der Waals surface area contributed by atoms with E-state index < -0.39 is 5.97 Å². The molecule has 0 aromatic heterocycles. The Hall–Kier alpha value is -0.550. The minimum absolute atomic E-state index is 0.193. The van der Waals surface area contributed by atoms with E-state index in [-0.39, 0.29) is 5.56 Å². The predicted molar refractivity (Wildman–Crippen MR) is 60.3 cm³/mol. The van der Waals surface area contributed by atoms with Gasteiger partial charge in [0.05, 0.1) is 11.6 Å². The summed E-state index contributed by atoms with van der Waals surface area (Å²) in [6.45, 7) is 0. The van der Waals surface area contributed by atoms with Gasteiger partial charge in [-0.05, 0) is 27.6 Å². The van der Waals surface area contributed by atoms with Crippen LogP contribution in [0.4, 0.5) is 0 Å². The van der Waals surface area contributed by atoms with Gasteiger partial charge in [0.25, 0.3) is 0 Å². The molecule has 0 aliphatic heterocycles. The third kappa shape index (κ3) is 2.09. The second kappa shape index (κ2) is 4.79. The number of carboxylic acid groups (broad SMARTS) is 1. The number of hydrogen-bond acceptors (Lipinski definition) is 2. The lowest BCUT2D eigenvalue weighted by Crippen LogP contribution is -2.05. The summed E-state index contributed by atoms with van der Waals surface area (Å²) in [5.74, 6) is -0.632. The van der Waals surface area contributed by atoms with Crippen molar-refractivity contribution in [3.8, 4) is 5.75 Å². The topological polar surface area (TPSA) is 46.5 Å². The standard InChI is InChI=1S/C9H8Br2O3/c1-14-8-6(11)3-2-5(4-10)7(8)9(12)13/h2-3H,4H2,1H3,(H,12,13). The molecule has 0 bridgehead atoms. The van der Waals surface area contributed by atoms with Gasteiger partial charge in [0.1, 0.15) is 11.3 Å². The summed E-state index contributed by atoms with van der Waals surface area (Å²) in [4.78, 5) is 11.0. The molecule has 1 N–H and O–H groups in total. The molecule has 3 nitrogen and oxygen atoms in total. The van der Waals surface area contributed by atoms with Crippen LogP contribution in [0.5, 0.6) is 5.75 Å². The highest BCUT2D eigenvalue weighted by molar-refractivity contribution is 9.10. The molecule has 76 valence electrons. The Balaban J connectivity index is 3.43. The van der Waals surface area contributed by atoms with Crippen molar-refractivity contribution in [1.82, 2.24) is 0 Å². The van der Waals surface area contributed by atoms with Crippen LogP contribution in [0, 0.1) is 0 Å². The molecule has 1 aromatic carbocycles. The summed E-state index contributed by atoms with van der Waals surface area (Å²) in [5, 5.41) is 9.50. The summed E-state index contributed by atoms with van der Waals surface area (Å²) < 4.78 is 5.67. The number of carboxylic acids is 1. The first kappa shape index (κ1) is 11.5. The van der Waals surface area contributed by atoms with Crippen molar-refractivity contribution in [2.45, 2.75) is 5.33 Å². The van der Waals surface area contributed by atoms with Crippen LogP contribution in [0.25, 0.3) is 0 Å². The van der Waals surface area contributed by atoms with Gasteiger partial charge in [0, 0.05) is 5.33 Å². The first-order chi connectivity index (χ1) is 6.61. The maximum Gasteiger partial charge on any atom is 0.339 e. The first-order valence-corrected chi connectivity index (χ1v) is 5.68. The molecule has 5 heteroatoms. The van der Waals surface area contributed by atoms with Gasteiger partial charge in [-0.1, -0.05) is 22.0 Å². The predicted octanol–water partition coefficient (Wildman–Crippen LogP) is 3.05. The van der Waals surface area contributed by atoms with Gasteiger partial charge in [-0.2, -0.15) is 0 Å². The van der Waals surface area contributed by atoms with Gasteiger partial charge in [0.15, 0.2) is 0 Å². The number of halogens is 2. The number of benzene rings is 1. The highest BCUT2D eigenvalue weighted by Gasteiger charge is 2.18. The molecule has 0 saturated heterocycles. The molecular weight excluding hydrogens is 316 g/mol. The van der Waals surface area contributed by atoms with E-state index >= 15 is 0 Å². The maximum atomic E-state index is 11.0. The first-order valence-electron chi connectivity index (χ1n) is 3.76. The second-order valence-corrected chi connectivity index (χ2v) is 3.97. The Morgan fingerprint density at radius 1 is 1.57 bits per heavy atom. The van der Waals surface area contributed by atoms with E-state index in [1.54, 1.807) is 12.1 Å². The lowest BCUT2D eigenvalue weighted by Gasteiger charge is -2.10. The molecule has 0 aliphatic carbocycles. The van der Waals surface area contributed by atoms with E-state index in [2.05, 4.69) is 31.9 Å². The quantitative estimate of drug-likeness (QED) is 0.870. The Morgan fingerprint density at radius 2 is 2.21 bits per heavy atom. The number of rotatable bonds is 3. The minimum Gasteiger partial charge on any atom is -0.495 e. The van der Waals surface area contributed by atoms with E-state index in [0.717, 1.165) is 0 Å². The van der Waals surface area contributed by atoms with Gasteiger partial charge >= 0.3 is 5.97 Å². The number of ether oxygens (including phenoxy) is 1. The number of methoxy groups -OCH3 is 1. The summed E-state index contributed by atoms with van der Waals surface area (Å²) in [7, 11) is 1.45. The maximum absolute atomic E-state index is 11.0. The van der Waals surface area contributed by atoms with Crippen molar-refractivity contribution in [1.29, 1.82) is 0 Å². The third-order valence-electron chi connectivity index (χ3n) is 1.76. The van der Waals surface area contributed by atoms with E-state index in [1.165, 1.54) is 7.11 Å². The van der Waals surface area contributed by atoms with Crippen LogP contribution in [0.3, 0.4) is 0 Å². The summed E-state index contributed by atoms with van der Waals surface area (Å²) >= 11 is 6.47. The molecule has 0 spiro atoms. The van der Waals surface area contributed by atoms with Crippen molar-refractivity contribution in [2.75, 3.05) is 7.11 Å². The molecule has 0 radical (unpaired) electrons. The summed E-state index contributed by atoms with van der Waals surface area (Å²) in [6, 6.07) is 3.51. The normalized spacial score (nSPS) is 9.93. The van der Waals surface area contributed by atoms with Gasteiger partial charge in [-0.15, -0.1) is 0 Å². The second-order valence-electron chi connectivity index (χ2n) is 2.55. The molecule has 14 heavy (non-hydrogen) atoms. The molecule has 0 unspecified atom stereocenters. The largest absolute Gasteiger partial charge is 0.495 e. The van der Waals surface area contributed by atoms with Crippen LogP contribution >= 0.6 is 31.9 Å². The molecule has 0 saturated carbocycles. The van der Waals surface area contributed by atoms with Crippen molar-refractivity contribution in [3.63, 3.8) is 0 Å². The summed E-state index contributed by atoms with van der Waals surface area (Å²) in [5.41, 5.74) is 0.885. The fraction of sp³-hybridized carbons (Fsp3) is 0.222. The van der Waals surface area contributed by atoms with Crippen molar-refractivity contribution in [3.05, 3.63) is 27.7 Å². The zero-order valence-corrected chi connectivity index (χ0v) is 10.6. The van der Waals surface area contributed by atoms with Crippen LogP contribution in [0.2, 0.25) is 0 Å². The Kier molecular flexibility index (Phi) is 3.95. The molecule has 1 rings (SSSR count). The van der Waals surface area contributed by atoms with E-state index in [1.807, 2.05) is 0 Å². The Bertz CT molecular complexity index is 363. The van der Waals surface area contributed by atoms with Gasteiger partial charge in [-0.3, -0.25) is 0 Å². The summed E-state index contributed by atoms with van der Waals surface area (Å²) in [6.07, 6.45) is 0. The highest BCUT2D eigenvalue weighted by atomic mass is 79.9. The number of alkyl halides is 1. The van der Waals surface area contributed by atoms with Crippen molar-refractivity contribution < 1.29 is 14.6 Å². The van der Waals surface area contributed by atoms with Crippen LogP contribution in [-0.4, -0.2) is 18.2 Å². The van der Waals surface area contributed by atoms with Crippen molar-refractivity contribution >= 4 is 37.8 Å². The van der Waals surface area contributed by atoms with Gasteiger partial charge < -0.3 is 9.84 Å². The highest BCUT2D eigenvalue weighted by Crippen LogP contribution is 2.32. The zero-order valence-electron chi connectivity index (χ0n) is 7.38. The number of hydrogen-bond donors (Lipinski definition) is 1. The lowest BCUT2D eigenvalue weighted by molar-refractivity contribution is 0.0692. The lowest BCUT2D eigenvalue weighted by atomic mass is 10.1. The molecule has 1 aromatic rings. The van der Waals surface area contributed by atoms with E-state index in [4.69, 9.17) is 9.84 Å². The van der Waals surface area contributed by atoms with E-state index in [0.29, 0.717) is 21.1 Å². The molecule has 0 fully saturated rings. The fourth-order valence-corrected chi connectivity index (χ4v) is 2.10. The molecule has 0 aliphatic rings. The van der Waals surface area contributed by atoms with Crippen LogP contribution in [-0.2, 0) is 5.33 Å². The van der Waals surface area contributed by atoms with Crippen molar-refractivity contribution in [2.24, 2.45) is 0 Å². The van der Waals surface area contributed by atoms with Crippen LogP contribution < -0.4 is 4.74 Å². The van der Waals surface area contributed by atoms with Gasteiger partial charge in [0.2, 0.25) is 0 Å². The van der Waals surface area contributed by atoms with Crippen LogP contribution in [0.15, 0.2) is 16.6 Å². The Labute approximate surface area is 98.3 Å². The number of carbonyl (C=O) groups is 1. The monoisotopic (exact) mass is 322 g/mol. The molecule has 0 heterocycles. The van der Waals surface area contributed by atoms with Crippen LogP contribution in [0.1, 0.15) is 15.9 Å². The average molecular weight is 324 g/mol. The molecule has 0 amide bonds. The SMILES string of the molecule is COc1c(Br)ccc(CBr)c1C(=O)O. The average Bonchev–Trinajstić information content (AvgIpc) is 2.17. The fourth-order valence-electron chi connectivity index (χ4n) is 1.14. The van der Waals surface area contributed by atoms with E-state index in [9.17, 15) is 4.79 Å². The third-order valence-corrected chi connectivity index (χ3v) is 2.99. The van der Waals surface area contributed by atoms with Gasteiger partial charge in [-0.25, -0.2) is 4.79 Å². The molecule has 0 atom stereocenters. The molecular formula is C9H8Br2O3. The zero-order chi connectivity index (χ0) is 10.7. The Morgan fingerprint density at radius 3 is 2.64 bits per heavy atom. The smallest absolute Gasteiger partial charge is 0.339 e.